The average molecular weight is 192 g/mol. The molecule has 0 aliphatic carbocycles. The predicted molar refractivity (Wildman–Crippen MR) is 54.1 cm³/mol. The summed E-state index contributed by atoms with van der Waals surface area (Å²) in [6.07, 6.45) is 8.01. The molecule has 1 rings (SSSR count). The highest BCUT2D eigenvalue weighted by molar-refractivity contribution is 5.00. The van der Waals surface area contributed by atoms with Crippen LogP contribution in [0.1, 0.15) is 18.4 Å². The minimum Gasteiger partial charge on any atom is -0.300 e. The van der Waals surface area contributed by atoms with E-state index < -0.39 is 0 Å². The van der Waals surface area contributed by atoms with E-state index in [0.29, 0.717) is 18.5 Å². The fraction of sp³-hybridized carbons (Fsp3) is 0.400. The molecule has 0 atom stereocenters. The number of aromatic nitrogens is 2. The summed E-state index contributed by atoms with van der Waals surface area (Å²) < 4.78 is 1.47. The van der Waals surface area contributed by atoms with E-state index in [1.54, 1.807) is 13.1 Å². The Morgan fingerprint density at radius 3 is 2.93 bits per heavy atom. The van der Waals surface area contributed by atoms with Crippen LogP contribution in [-0.4, -0.2) is 9.55 Å². The SMILES string of the molecule is C#CCCCn1cc(C)c(=O)[nH]c1=O. The summed E-state index contributed by atoms with van der Waals surface area (Å²) in [6, 6.07) is 0. The molecule has 0 saturated heterocycles. The highest BCUT2D eigenvalue weighted by Gasteiger charge is 1.99. The van der Waals surface area contributed by atoms with Crippen LogP contribution in [0.4, 0.5) is 0 Å². The number of unbranched alkanes of at least 4 members (excludes halogenated alkanes) is 1. The van der Waals surface area contributed by atoms with Gasteiger partial charge >= 0.3 is 5.69 Å². The lowest BCUT2D eigenvalue weighted by Gasteiger charge is -2.03. The summed E-state index contributed by atoms with van der Waals surface area (Å²) in [5.74, 6) is 2.50. The number of H-pyrrole nitrogens is 1. The van der Waals surface area contributed by atoms with Crippen LogP contribution < -0.4 is 11.2 Å². The van der Waals surface area contributed by atoms with Crippen molar-refractivity contribution in [1.82, 2.24) is 9.55 Å². The molecule has 0 aliphatic heterocycles. The highest BCUT2D eigenvalue weighted by Crippen LogP contribution is 1.91. The van der Waals surface area contributed by atoms with Gasteiger partial charge in [0.05, 0.1) is 0 Å². The maximum atomic E-state index is 11.2. The van der Waals surface area contributed by atoms with Crippen LogP contribution in [-0.2, 0) is 6.54 Å². The summed E-state index contributed by atoms with van der Waals surface area (Å²) in [7, 11) is 0. The molecular weight excluding hydrogens is 180 g/mol. The molecule has 4 nitrogen and oxygen atoms in total. The number of terminal acetylenes is 1. The first-order valence-corrected chi connectivity index (χ1v) is 4.39. The van der Waals surface area contributed by atoms with Crippen molar-refractivity contribution in [1.29, 1.82) is 0 Å². The molecular formula is C10H12N2O2. The van der Waals surface area contributed by atoms with Crippen molar-refractivity contribution in [2.45, 2.75) is 26.3 Å². The van der Waals surface area contributed by atoms with Crippen molar-refractivity contribution in [3.8, 4) is 12.3 Å². The highest BCUT2D eigenvalue weighted by atomic mass is 16.2. The van der Waals surface area contributed by atoms with Gasteiger partial charge in [0.15, 0.2) is 0 Å². The normalized spacial score (nSPS) is 9.71. The molecule has 0 amide bonds. The van der Waals surface area contributed by atoms with Gasteiger partial charge < -0.3 is 4.57 Å². The molecule has 0 unspecified atom stereocenters. The van der Waals surface area contributed by atoms with Gasteiger partial charge in [-0.3, -0.25) is 9.78 Å². The summed E-state index contributed by atoms with van der Waals surface area (Å²) in [4.78, 5) is 24.5. The van der Waals surface area contributed by atoms with Gasteiger partial charge in [0.1, 0.15) is 0 Å². The summed E-state index contributed by atoms with van der Waals surface area (Å²) in [6.45, 7) is 2.20. The van der Waals surface area contributed by atoms with Crippen LogP contribution in [0.15, 0.2) is 15.8 Å². The molecule has 1 aromatic rings. The summed E-state index contributed by atoms with van der Waals surface area (Å²) >= 11 is 0. The van der Waals surface area contributed by atoms with Crippen molar-refractivity contribution in [2.75, 3.05) is 0 Å². The van der Waals surface area contributed by atoms with Crippen LogP contribution in [0.2, 0.25) is 0 Å². The Labute approximate surface area is 81.6 Å². The topological polar surface area (TPSA) is 54.9 Å². The molecule has 0 radical (unpaired) electrons. The first-order valence-electron chi connectivity index (χ1n) is 4.39. The number of hydrogen-bond acceptors (Lipinski definition) is 2. The lowest BCUT2D eigenvalue weighted by Crippen LogP contribution is -2.30. The van der Waals surface area contributed by atoms with E-state index in [1.807, 2.05) is 0 Å². The maximum absolute atomic E-state index is 11.2. The van der Waals surface area contributed by atoms with Gasteiger partial charge in [-0.2, -0.15) is 0 Å². The van der Waals surface area contributed by atoms with Crippen molar-refractivity contribution >= 4 is 0 Å². The van der Waals surface area contributed by atoms with Crippen molar-refractivity contribution in [3.63, 3.8) is 0 Å². The largest absolute Gasteiger partial charge is 0.328 e. The maximum Gasteiger partial charge on any atom is 0.328 e. The quantitative estimate of drug-likeness (QED) is 0.551. The molecule has 14 heavy (non-hydrogen) atoms. The van der Waals surface area contributed by atoms with Crippen molar-refractivity contribution in [3.05, 3.63) is 32.6 Å². The standard InChI is InChI=1S/C10H12N2O2/c1-3-4-5-6-12-7-8(2)9(13)11-10(12)14/h1,7H,4-6H2,2H3,(H,11,13,14). The van der Waals surface area contributed by atoms with Crippen molar-refractivity contribution < 1.29 is 0 Å². The average Bonchev–Trinajstić information content (AvgIpc) is 2.14. The first-order chi connectivity index (χ1) is 6.65. The van der Waals surface area contributed by atoms with Gasteiger partial charge in [-0.15, -0.1) is 12.3 Å². The zero-order valence-electron chi connectivity index (χ0n) is 8.04. The Morgan fingerprint density at radius 2 is 2.29 bits per heavy atom. The Bertz CT molecular complexity index is 462. The molecule has 0 saturated carbocycles. The number of rotatable bonds is 3. The van der Waals surface area contributed by atoms with E-state index in [-0.39, 0.29) is 11.2 Å². The molecule has 1 N–H and O–H groups in total. The second-order valence-corrected chi connectivity index (χ2v) is 3.07. The number of nitrogens with one attached hydrogen (secondary N) is 1. The second kappa shape index (κ2) is 4.47. The fourth-order valence-electron chi connectivity index (χ4n) is 1.14. The molecule has 0 aliphatic rings. The zero-order chi connectivity index (χ0) is 10.6. The molecule has 4 heteroatoms. The second-order valence-electron chi connectivity index (χ2n) is 3.07. The predicted octanol–water partition coefficient (Wildman–Crippen LogP) is 0.258. The van der Waals surface area contributed by atoms with E-state index in [4.69, 9.17) is 6.42 Å². The Balaban J connectivity index is 2.89. The van der Waals surface area contributed by atoms with Crippen LogP contribution in [0, 0.1) is 19.3 Å². The van der Waals surface area contributed by atoms with Crippen LogP contribution >= 0.6 is 0 Å². The fourth-order valence-corrected chi connectivity index (χ4v) is 1.14. The lowest BCUT2D eigenvalue weighted by atomic mass is 10.3. The minimum atomic E-state index is -0.377. The van der Waals surface area contributed by atoms with E-state index in [1.165, 1.54) is 4.57 Å². The van der Waals surface area contributed by atoms with E-state index in [2.05, 4.69) is 10.9 Å². The van der Waals surface area contributed by atoms with Crippen LogP contribution in [0.5, 0.6) is 0 Å². The van der Waals surface area contributed by atoms with Crippen molar-refractivity contribution in [2.24, 2.45) is 0 Å². The Hall–Kier alpha value is -1.76. The molecule has 0 fully saturated rings. The van der Waals surface area contributed by atoms with Crippen LogP contribution in [0.25, 0.3) is 0 Å². The molecule has 1 heterocycles. The number of hydrogen-bond donors (Lipinski definition) is 1. The number of aryl methyl sites for hydroxylation is 2. The third-order valence-corrected chi connectivity index (χ3v) is 1.91. The molecule has 74 valence electrons. The summed E-state index contributed by atoms with van der Waals surface area (Å²) in [5, 5.41) is 0. The first kappa shape index (κ1) is 10.3. The molecule has 0 aromatic carbocycles. The Kier molecular flexibility index (Phi) is 3.29. The van der Waals surface area contributed by atoms with Gasteiger partial charge in [0.25, 0.3) is 5.56 Å². The minimum absolute atomic E-state index is 0.330. The van der Waals surface area contributed by atoms with E-state index in [9.17, 15) is 9.59 Å². The van der Waals surface area contributed by atoms with Crippen LogP contribution in [0.3, 0.4) is 0 Å². The number of aromatic amines is 1. The van der Waals surface area contributed by atoms with Gasteiger partial charge in [-0.05, 0) is 13.3 Å². The smallest absolute Gasteiger partial charge is 0.300 e. The lowest BCUT2D eigenvalue weighted by molar-refractivity contribution is 0.611. The third kappa shape index (κ3) is 2.36. The van der Waals surface area contributed by atoms with Gasteiger partial charge in [-0.1, -0.05) is 0 Å². The Morgan fingerprint density at radius 1 is 1.57 bits per heavy atom. The van der Waals surface area contributed by atoms with Gasteiger partial charge in [0.2, 0.25) is 0 Å². The molecule has 0 bridgehead atoms. The van der Waals surface area contributed by atoms with Gasteiger partial charge in [-0.25, -0.2) is 4.79 Å². The molecule has 1 aromatic heterocycles. The zero-order valence-corrected chi connectivity index (χ0v) is 8.04. The summed E-state index contributed by atoms with van der Waals surface area (Å²) in [5.41, 5.74) is -0.175. The third-order valence-electron chi connectivity index (χ3n) is 1.91. The molecule has 0 spiro atoms. The van der Waals surface area contributed by atoms with Gasteiger partial charge in [0, 0.05) is 24.7 Å². The monoisotopic (exact) mass is 192 g/mol. The van der Waals surface area contributed by atoms with E-state index >= 15 is 0 Å². The number of nitrogens with zero attached hydrogens (tertiary/aromatic N) is 1. The van der Waals surface area contributed by atoms with E-state index in [0.717, 1.165) is 6.42 Å².